The third-order valence-corrected chi connectivity index (χ3v) is 2.80. The monoisotopic (exact) mass is 242 g/mol. The Bertz CT molecular complexity index is 295. The highest BCUT2D eigenvalue weighted by atomic mass is 32.2. The van der Waals surface area contributed by atoms with Crippen LogP contribution in [0.1, 0.15) is 26.7 Å². The van der Waals surface area contributed by atoms with Crippen molar-refractivity contribution in [2.75, 3.05) is 24.7 Å². The zero-order valence-electron chi connectivity index (χ0n) is 9.99. The minimum Gasteiger partial charge on any atom is -0.467 e. The first kappa shape index (κ1) is 13.0. The maximum absolute atomic E-state index is 5.04. The molecule has 0 atom stereocenters. The number of nitrogens with one attached hydrogen (secondary N) is 1. The Balaban J connectivity index is 2.74. The van der Waals surface area contributed by atoms with Crippen LogP contribution in [0.2, 0.25) is 0 Å². The molecule has 1 N–H and O–H groups in total. The molecule has 0 unspecified atom stereocenters. The highest BCUT2D eigenvalue weighted by Crippen LogP contribution is 2.17. The van der Waals surface area contributed by atoms with Gasteiger partial charge in [0.15, 0.2) is 5.16 Å². The lowest BCUT2D eigenvalue weighted by molar-refractivity contribution is 0.373. The molecule has 1 aromatic rings. The van der Waals surface area contributed by atoms with Gasteiger partial charge in [0.25, 0.3) is 0 Å². The molecular formula is C10H18N4OS. The van der Waals surface area contributed by atoms with Gasteiger partial charge in [-0.3, -0.25) is 0 Å². The van der Waals surface area contributed by atoms with E-state index in [9.17, 15) is 0 Å². The SMILES string of the molecule is CCCNc1nc(OC)nc(SCCC)n1. The fourth-order valence-electron chi connectivity index (χ4n) is 1.00. The van der Waals surface area contributed by atoms with Crippen LogP contribution in [-0.2, 0) is 0 Å². The summed E-state index contributed by atoms with van der Waals surface area (Å²) in [4.78, 5) is 12.6. The van der Waals surface area contributed by atoms with E-state index < -0.39 is 0 Å². The lowest BCUT2D eigenvalue weighted by Gasteiger charge is -2.06. The molecule has 0 amide bonds. The van der Waals surface area contributed by atoms with Crippen molar-refractivity contribution in [2.24, 2.45) is 0 Å². The summed E-state index contributed by atoms with van der Waals surface area (Å²) < 4.78 is 5.04. The van der Waals surface area contributed by atoms with Gasteiger partial charge in [0.1, 0.15) is 0 Å². The minimum absolute atomic E-state index is 0.368. The van der Waals surface area contributed by atoms with Crippen molar-refractivity contribution < 1.29 is 4.74 Å². The Morgan fingerprint density at radius 2 is 2.00 bits per heavy atom. The molecule has 0 spiro atoms. The molecule has 0 fully saturated rings. The van der Waals surface area contributed by atoms with E-state index in [0.717, 1.165) is 25.1 Å². The summed E-state index contributed by atoms with van der Waals surface area (Å²) in [6.07, 6.45) is 2.13. The Morgan fingerprint density at radius 1 is 1.19 bits per heavy atom. The van der Waals surface area contributed by atoms with Gasteiger partial charge in [-0.15, -0.1) is 0 Å². The Kier molecular flexibility index (Phi) is 5.92. The second-order valence-electron chi connectivity index (χ2n) is 3.20. The highest BCUT2D eigenvalue weighted by molar-refractivity contribution is 7.99. The van der Waals surface area contributed by atoms with Crippen LogP contribution in [0.5, 0.6) is 6.01 Å². The molecule has 1 heterocycles. The Morgan fingerprint density at radius 3 is 2.62 bits per heavy atom. The summed E-state index contributed by atoms with van der Waals surface area (Å²) in [6.45, 7) is 5.07. The highest BCUT2D eigenvalue weighted by Gasteiger charge is 2.06. The van der Waals surface area contributed by atoms with E-state index in [1.807, 2.05) is 0 Å². The van der Waals surface area contributed by atoms with E-state index in [0.29, 0.717) is 17.1 Å². The molecule has 0 bridgehead atoms. The van der Waals surface area contributed by atoms with E-state index in [-0.39, 0.29) is 0 Å². The fourth-order valence-corrected chi connectivity index (χ4v) is 1.68. The molecule has 5 nitrogen and oxygen atoms in total. The molecule has 0 radical (unpaired) electrons. The van der Waals surface area contributed by atoms with Gasteiger partial charge in [0.05, 0.1) is 7.11 Å². The van der Waals surface area contributed by atoms with Gasteiger partial charge in [-0.1, -0.05) is 25.6 Å². The maximum atomic E-state index is 5.04. The van der Waals surface area contributed by atoms with Crippen LogP contribution < -0.4 is 10.1 Å². The van der Waals surface area contributed by atoms with Crippen LogP contribution in [0.3, 0.4) is 0 Å². The van der Waals surface area contributed by atoms with E-state index in [1.165, 1.54) is 0 Å². The number of hydrogen-bond acceptors (Lipinski definition) is 6. The summed E-state index contributed by atoms with van der Waals surface area (Å²) in [5, 5.41) is 3.85. The molecule has 90 valence electrons. The van der Waals surface area contributed by atoms with Gasteiger partial charge in [-0.25, -0.2) is 0 Å². The second kappa shape index (κ2) is 7.27. The topological polar surface area (TPSA) is 59.9 Å². The predicted molar refractivity (Wildman–Crippen MR) is 66.2 cm³/mol. The van der Waals surface area contributed by atoms with Crippen molar-refractivity contribution in [3.63, 3.8) is 0 Å². The lowest BCUT2D eigenvalue weighted by Crippen LogP contribution is -2.07. The zero-order chi connectivity index (χ0) is 11.8. The van der Waals surface area contributed by atoms with Crippen LogP contribution >= 0.6 is 11.8 Å². The lowest BCUT2D eigenvalue weighted by atomic mass is 10.5. The average molecular weight is 242 g/mol. The summed E-state index contributed by atoms with van der Waals surface area (Å²) >= 11 is 1.62. The number of methoxy groups -OCH3 is 1. The molecule has 1 rings (SSSR count). The molecular weight excluding hydrogens is 224 g/mol. The molecule has 16 heavy (non-hydrogen) atoms. The number of thioether (sulfide) groups is 1. The van der Waals surface area contributed by atoms with Gasteiger partial charge in [0.2, 0.25) is 5.95 Å². The predicted octanol–water partition coefficient (Wildman–Crippen LogP) is 2.20. The van der Waals surface area contributed by atoms with Crippen molar-refractivity contribution in [1.29, 1.82) is 0 Å². The van der Waals surface area contributed by atoms with E-state index >= 15 is 0 Å². The molecule has 0 aliphatic heterocycles. The van der Waals surface area contributed by atoms with Crippen LogP contribution in [0.15, 0.2) is 5.16 Å². The summed E-state index contributed by atoms with van der Waals surface area (Å²) in [7, 11) is 1.56. The molecule has 1 aromatic heterocycles. The Hall–Kier alpha value is -1.04. The van der Waals surface area contributed by atoms with Gasteiger partial charge >= 0.3 is 6.01 Å². The molecule has 0 saturated heterocycles. The van der Waals surface area contributed by atoms with Crippen molar-refractivity contribution >= 4 is 17.7 Å². The van der Waals surface area contributed by atoms with Crippen molar-refractivity contribution in [3.8, 4) is 6.01 Å². The fraction of sp³-hybridized carbons (Fsp3) is 0.700. The zero-order valence-corrected chi connectivity index (χ0v) is 10.8. The van der Waals surface area contributed by atoms with Crippen LogP contribution in [0, 0.1) is 0 Å². The number of ether oxygens (including phenoxy) is 1. The van der Waals surface area contributed by atoms with E-state index in [1.54, 1.807) is 18.9 Å². The number of hydrogen-bond donors (Lipinski definition) is 1. The van der Waals surface area contributed by atoms with Gasteiger partial charge in [-0.05, 0) is 12.8 Å². The number of rotatable bonds is 7. The first-order valence-corrected chi connectivity index (χ1v) is 6.45. The second-order valence-corrected chi connectivity index (χ2v) is 4.27. The van der Waals surface area contributed by atoms with Crippen molar-refractivity contribution in [1.82, 2.24) is 15.0 Å². The molecule has 0 aliphatic rings. The summed E-state index contributed by atoms with van der Waals surface area (Å²) in [5.41, 5.74) is 0. The normalized spacial score (nSPS) is 10.2. The van der Waals surface area contributed by atoms with Crippen LogP contribution in [0.4, 0.5) is 5.95 Å². The first-order chi connectivity index (χ1) is 7.80. The van der Waals surface area contributed by atoms with Crippen LogP contribution in [-0.4, -0.2) is 34.4 Å². The van der Waals surface area contributed by atoms with E-state index in [4.69, 9.17) is 4.74 Å². The molecule has 6 heteroatoms. The summed E-state index contributed by atoms with van der Waals surface area (Å²) in [5.74, 6) is 1.59. The quantitative estimate of drug-likeness (QED) is 0.740. The standard InChI is InChI=1S/C10H18N4OS/c1-4-6-11-8-12-9(15-3)14-10(13-8)16-7-5-2/h4-7H2,1-3H3,(H,11,12,13,14). The molecule has 0 saturated carbocycles. The van der Waals surface area contributed by atoms with Gasteiger partial charge in [0, 0.05) is 12.3 Å². The van der Waals surface area contributed by atoms with Gasteiger partial charge < -0.3 is 10.1 Å². The number of anilines is 1. The smallest absolute Gasteiger partial charge is 0.321 e. The van der Waals surface area contributed by atoms with Crippen molar-refractivity contribution in [2.45, 2.75) is 31.8 Å². The van der Waals surface area contributed by atoms with Crippen LogP contribution in [0.25, 0.3) is 0 Å². The maximum Gasteiger partial charge on any atom is 0.321 e. The molecule has 0 aliphatic carbocycles. The van der Waals surface area contributed by atoms with Gasteiger partial charge in [-0.2, -0.15) is 15.0 Å². The number of aromatic nitrogens is 3. The third kappa shape index (κ3) is 4.22. The first-order valence-electron chi connectivity index (χ1n) is 5.46. The largest absolute Gasteiger partial charge is 0.467 e. The number of nitrogens with zero attached hydrogens (tertiary/aromatic N) is 3. The minimum atomic E-state index is 0.368. The van der Waals surface area contributed by atoms with Crippen molar-refractivity contribution in [3.05, 3.63) is 0 Å². The van der Waals surface area contributed by atoms with E-state index in [2.05, 4.69) is 34.1 Å². The molecule has 0 aromatic carbocycles. The summed E-state index contributed by atoms with van der Waals surface area (Å²) in [6, 6.07) is 0.368. The Labute approximate surface area is 100 Å². The third-order valence-electron chi connectivity index (χ3n) is 1.75. The average Bonchev–Trinajstić information content (AvgIpc) is 2.33.